The highest BCUT2D eigenvalue weighted by Gasteiger charge is 2.06. The van der Waals surface area contributed by atoms with Gasteiger partial charge < -0.3 is 24.8 Å². The van der Waals surface area contributed by atoms with E-state index >= 15 is 0 Å². The molecule has 2 N–H and O–H groups in total. The van der Waals surface area contributed by atoms with Crippen molar-refractivity contribution in [1.82, 2.24) is 15.6 Å². The Balaban J connectivity index is 0.00000450. The predicted molar refractivity (Wildman–Crippen MR) is 132 cm³/mol. The van der Waals surface area contributed by atoms with Gasteiger partial charge in [-0.1, -0.05) is 19.1 Å². The molecule has 0 atom stereocenters. The molecule has 0 spiro atoms. The lowest BCUT2D eigenvalue weighted by molar-refractivity contribution is 0.302. The Kier molecular flexibility index (Phi) is 12.6. The lowest BCUT2D eigenvalue weighted by Gasteiger charge is -2.13. The maximum atomic E-state index is 5.71. The SMILES string of the molecule is CCCOc1ncccc1CN=C(NCC)NCCc1ccc(OC)c(OC)c1.I. The van der Waals surface area contributed by atoms with Crippen molar-refractivity contribution in [1.29, 1.82) is 0 Å². The van der Waals surface area contributed by atoms with Gasteiger partial charge in [0, 0.05) is 24.8 Å². The molecule has 8 heteroatoms. The van der Waals surface area contributed by atoms with E-state index in [-0.39, 0.29) is 24.0 Å². The Hall–Kier alpha value is -2.23. The molecule has 0 fully saturated rings. The van der Waals surface area contributed by atoms with Gasteiger partial charge in [0.15, 0.2) is 17.5 Å². The summed E-state index contributed by atoms with van der Waals surface area (Å²) in [5.74, 6) is 2.89. The number of aliphatic imine (C=N–C) groups is 1. The summed E-state index contributed by atoms with van der Waals surface area (Å²) in [6.45, 7) is 6.80. The summed E-state index contributed by atoms with van der Waals surface area (Å²) in [5.41, 5.74) is 2.13. The Morgan fingerprint density at radius 2 is 1.87 bits per heavy atom. The van der Waals surface area contributed by atoms with E-state index in [2.05, 4.69) is 27.5 Å². The topological polar surface area (TPSA) is 77.0 Å². The van der Waals surface area contributed by atoms with Crippen molar-refractivity contribution in [3.8, 4) is 17.4 Å². The third-order valence-corrected chi connectivity index (χ3v) is 4.20. The lowest BCUT2D eigenvalue weighted by atomic mass is 10.1. The Morgan fingerprint density at radius 3 is 2.57 bits per heavy atom. The van der Waals surface area contributed by atoms with Crippen LogP contribution in [0.3, 0.4) is 0 Å². The summed E-state index contributed by atoms with van der Waals surface area (Å²) in [5, 5.41) is 6.65. The number of nitrogens with one attached hydrogen (secondary N) is 2. The highest BCUT2D eigenvalue weighted by atomic mass is 127. The van der Waals surface area contributed by atoms with Crippen molar-refractivity contribution in [3.05, 3.63) is 47.7 Å². The number of hydrogen-bond acceptors (Lipinski definition) is 5. The van der Waals surface area contributed by atoms with Crippen molar-refractivity contribution in [2.75, 3.05) is 33.9 Å². The minimum atomic E-state index is 0. The van der Waals surface area contributed by atoms with Gasteiger partial charge in [-0.25, -0.2) is 9.98 Å². The first-order valence-corrected chi connectivity index (χ1v) is 10.0. The van der Waals surface area contributed by atoms with Gasteiger partial charge in [0.05, 0.1) is 27.4 Å². The predicted octanol–water partition coefficient (Wildman–Crippen LogP) is 3.80. The first kappa shape index (κ1) is 25.8. The first-order chi connectivity index (χ1) is 14.2. The maximum absolute atomic E-state index is 5.71. The van der Waals surface area contributed by atoms with Gasteiger partial charge >= 0.3 is 0 Å². The van der Waals surface area contributed by atoms with E-state index in [1.54, 1.807) is 20.4 Å². The largest absolute Gasteiger partial charge is 0.493 e. The molecule has 166 valence electrons. The zero-order valence-electron chi connectivity index (χ0n) is 18.2. The molecular formula is C22H33IN4O3. The van der Waals surface area contributed by atoms with E-state index in [1.807, 2.05) is 37.3 Å². The number of nitrogens with zero attached hydrogens (tertiary/aromatic N) is 2. The monoisotopic (exact) mass is 528 g/mol. The van der Waals surface area contributed by atoms with E-state index in [9.17, 15) is 0 Å². The lowest BCUT2D eigenvalue weighted by Crippen LogP contribution is -2.38. The number of halogens is 1. The molecule has 0 amide bonds. The van der Waals surface area contributed by atoms with Crippen LogP contribution in [0.5, 0.6) is 17.4 Å². The zero-order chi connectivity index (χ0) is 20.9. The van der Waals surface area contributed by atoms with Crippen LogP contribution < -0.4 is 24.8 Å². The Bertz CT molecular complexity index is 787. The number of methoxy groups -OCH3 is 2. The second-order valence-corrected chi connectivity index (χ2v) is 6.38. The van der Waals surface area contributed by atoms with Crippen LogP contribution in [0.25, 0.3) is 0 Å². The molecule has 1 aromatic heterocycles. The fourth-order valence-electron chi connectivity index (χ4n) is 2.74. The van der Waals surface area contributed by atoms with Crippen molar-refractivity contribution in [2.45, 2.75) is 33.2 Å². The average Bonchev–Trinajstić information content (AvgIpc) is 2.76. The third kappa shape index (κ3) is 8.25. The van der Waals surface area contributed by atoms with Gasteiger partial charge in [0.2, 0.25) is 5.88 Å². The van der Waals surface area contributed by atoms with Gasteiger partial charge in [-0.05, 0) is 43.5 Å². The molecule has 2 rings (SSSR count). The summed E-state index contributed by atoms with van der Waals surface area (Å²) in [6, 6.07) is 9.86. The zero-order valence-corrected chi connectivity index (χ0v) is 20.6. The number of aromatic nitrogens is 1. The van der Waals surface area contributed by atoms with E-state index in [0.717, 1.165) is 54.5 Å². The van der Waals surface area contributed by atoms with Crippen LogP contribution in [0, 0.1) is 0 Å². The van der Waals surface area contributed by atoms with Gasteiger partial charge in [-0.2, -0.15) is 0 Å². The second-order valence-electron chi connectivity index (χ2n) is 6.38. The molecule has 1 aromatic carbocycles. The molecule has 0 bridgehead atoms. The molecule has 0 radical (unpaired) electrons. The highest BCUT2D eigenvalue weighted by molar-refractivity contribution is 14.0. The Labute approximate surface area is 196 Å². The minimum absolute atomic E-state index is 0. The van der Waals surface area contributed by atoms with Gasteiger partial charge in [-0.3, -0.25) is 0 Å². The molecule has 2 aromatic rings. The number of benzene rings is 1. The fraction of sp³-hybridized carbons (Fsp3) is 0.455. The average molecular weight is 528 g/mol. The van der Waals surface area contributed by atoms with Gasteiger partial charge in [0.1, 0.15) is 0 Å². The number of hydrogen-bond donors (Lipinski definition) is 2. The molecule has 1 heterocycles. The van der Waals surface area contributed by atoms with Gasteiger partial charge in [0.25, 0.3) is 0 Å². The molecule has 0 aliphatic heterocycles. The summed E-state index contributed by atoms with van der Waals surface area (Å²) in [4.78, 5) is 8.99. The summed E-state index contributed by atoms with van der Waals surface area (Å²) in [7, 11) is 3.28. The number of ether oxygens (including phenoxy) is 3. The fourth-order valence-corrected chi connectivity index (χ4v) is 2.74. The smallest absolute Gasteiger partial charge is 0.218 e. The molecular weight excluding hydrogens is 495 g/mol. The Morgan fingerprint density at radius 1 is 1.07 bits per heavy atom. The molecule has 7 nitrogen and oxygen atoms in total. The van der Waals surface area contributed by atoms with Crippen LogP contribution in [-0.2, 0) is 13.0 Å². The van der Waals surface area contributed by atoms with Crippen LogP contribution >= 0.6 is 24.0 Å². The van der Waals surface area contributed by atoms with Crippen molar-refractivity contribution in [3.63, 3.8) is 0 Å². The molecule has 0 saturated carbocycles. The first-order valence-electron chi connectivity index (χ1n) is 10.0. The number of pyridine rings is 1. The number of guanidine groups is 1. The van der Waals surface area contributed by atoms with Crippen molar-refractivity contribution in [2.24, 2.45) is 4.99 Å². The number of rotatable bonds is 11. The van der Waals surface area contributed by atoms with E-state index in [0.29, 0.717) is 19.0 Å². The quantitative estimate of drug-likeness (QED) is 0.263. The normalized spacial score (nSPS) is 10.7. The van der Waals surface area contributed by atoms with Crippen LogP contribution in [-0.4, -0.2) is 44.9 Å². The molecule has 0 aliphatic rings. The minimum Gasteiger partial charge on any atom is -0.493 e. The van der Waals surface area contributed by atoms with Crippen molar-refractivity contribution >= 4 is 29.9 Å². The molecule has 0 unspecified atom stereocenters. The van der Waals surface area contributed by atoms with Crippen LogP contribution in [0.4, 0.5) is 0 Å². The molecule has 0 saturated heterocycles. The molecule has 30 heavy (non-hydrogen) atoms. The summed E-state index contributed by atoms with van der Waals surface area (Å²) in [6.07, 6.45) is 3.52. The summed E-state index contributed by atoms with van der Waals surface area (Å²) >= 11 is 0. The van der Waals surface area contributed by atoms with E-state index in [4.69, 9.17) is 14.2 Å². The van der Waals surface area contributed by atoms with Crippen LogP contribution in [0.2, 0.25) is 0 Å². The molecule has 0 aliphatic carbocycles. The van der Waals surface area contributed by atoms with Gasteiger partial charge in [-0.15, -0.1) is 24.0 Å². The van der Waals surface area contributed by atoms with E-state index in [1.165, 1.54) is 0 Å². The van der Waals surface area contributed by atoms with Crippen LogP contribution in [0.15, 0.2) is 41.5 Å². The third-order valence-electron chi connectivity index (χ3n) is 4.20. The highest BCUT2D eigenvalue weighted by Crippen LogP contribution is 2.27. The van der Waals surface area contributed by atoms with E-state index < -0.39 is 0 Å². The summed E-state index contributed by atoms with van der Waals surface area (Å²) < 4.78 is 16.4. The maximum Gasteiger partial charge on any atom is 0.218 e. The van der Waals surface area contributed by atoms with Crippen LogP contribution in [0.1, 0.15) is 31.4 Å². The standard InChI is InChI=1S/C22H32N4O3.HI/c1-5-14-29-21-18(8-7-12-24-21)16-26-22(23-6-2)25-13-11-17-9-10-19(27-3)20(15-17)28-4;/h7-10,12,15H,5-6,11,13-14,16H2,1-4H3,(H2,23,25,26);1H. The van der Waals surface area contributed by atoms with Crippen molar-refractivity contribution < 1.29 is 14.2 Å². The second kappa shape index (κ2) is 14.7.